The van der Waals surface area contributed by atoms with Gasteiger partial charge < -0.3 is 14.5 Å². The van der Waals surface area contributed by atoms with E-state index < -0.39 is 0 Å². The Hall–Kier alpha value is -2.05. The predicted octanol–water partition coefficient (Wildman–Crippen LogP) is 4.02. The first-order valence-electron chi connectivity index (χ1n) is 8.48. The highest BCUT2D eigenvalue weighted by atomic mass is 35.5. The van der Waals surface area contributed by atoms with E-state index in [9.17, 15) is 9.59 Å². The molecule has 1 saturated heterocycles. The Morgan fingerprint density at radius 2 is 2.04 bits per heavy atom. The van der Waals surface area contributed by atoms with Crippen LogP contribution in [-0.4, -0.2) is 41.9 Å². The third kappa shape index (κ3) is 4.77. The molecule has 1 aliphatic rings. The molecule has 1 unspecified atom stereocenters. The molecule has 5 nitrogen and oxygen atoms in total. The molecule has 3 rings (SSSR count). The third-order valence-electron chi connectivity index (χ3n) is 4.40. The van der Waals surface area contributed by atoms with Crippen LogP contribution in [0.2, 0.25) is 4.34 Å². The average Bonchev–Trinajstić information content (AvgIpc) is 3.29. The number of thiophene rings is 1. The van der Waals surface area contributed by atoms with Crippen molar-refractivity contribution < 1.29 is 14.3 Å². The lowest BCUT2D eigenvalue weighted by Crippen LogP contribution is -2.35. The van der Waals surface area contributed by atoms with Crippen LogP contribution in [0.5, 0.6) is 0 Å². The van der Waals surface area contributed by atoms with E-state index in [1.807, 2.05) is 42.5 Å². The van der Waals surface area contributed by atoms with Crippen molar-refractivity contribution in [1.82, 2.24) is 9.80 Å². The first-order chi connectivity index (χ1) is 12.5. The molecular formula is C19H21ClN2O3S. The molecule has 0 radical (unpaired) electrons. The molecule has 2 amide bonds. The van der Waals surface area contributed by atoms with E-state index >= 15 is 0 Å². The highest BCUT2D eigenvalue weighted by molar-refractivity contribution is 7.16. The normalized spacial score (nSPS) is 16.5. The monoisotopic (exact) mass is 392 g/mol. The van der Waals surface area contributed by atoms with Crippen molar-refractivity contribution >= 4 is 34.9 Å². The lowest BCUT2D eigenvalue weighted by molar-refractivity contribution is -0.134. The zero-order valence-electron chi connectivity index (χ0n) is 14.6. The molecule has 2 aromatic rings. The maximum atomic E-state index is 12.6. The number of halogens is 1. The van der Waals surface area contributed by atoms with Crippen molar-refractivity contribution in [2.75, 3.05) is 20.1 Å². The van der Waals surface area contributed by atoms with Crippen LogP contribution in [0.4, 0.5) is 4.79 Å². The Morgan fingerprint density at radius 1 is 1.27 bits per heavy atom. The summed E-state index contributed by atoms with van der Waals surface area (Å²) in [4.78, 5) is 29.2. The fraction of sp³-hybridized carbons (Fsp3) is 0.368. The number of benzene rings is 1. The molecule has 0 N–H and O–H groups in total. The average molecular weight is 393 g/mol. The lowest BCUT2D eigenvalue weighted by Gasteiger charge is -2.21. The Balaban J connectivity index is 1.47. The van der Waals surface area contributed by atoms with Crippen LogP contribution in [0.1, 0.15) is 16.9 Å². The molecule has 26 heavy (non-hydrogen) atoms. The van der Waals surface area contributed by atoms with Crippen molar-refractivity contribution in [1.29, 1.82) is 0 Å². The number of likely N-dealkylation sites (tertiary alicyclic amines) is 1. The second-order valence-corrected chi connectivity index (χ2v) is 8.17. The second-order valence-electron chi connectivity index (χ2n) is 6.37. The van der Waals surface area contributed by atoms with E-state index in [4.69, 9.17) is 16.3 Å². The fourth-order valence-corrected chi connectivity index (χ4v) is 4.14. The number of nitrogens with zero attached hydrogens (tertiary/aromatic N) is 2. The van der Waals surface area contributed by atoms with Crippen LogP contribution in [0.25, 0.3) is 0 Å². The second kappa shape index (κ2) is 8.56. The summed E-state index contributed by atoms with van der Waals surface area (Å²) in [6.45, 7) is 1.73. The predicted molar refractivity (Wildman–Crippen MR) is 102 cm³/mol. The van der Waals surface area contributed by atoms with Gasteiger partial charge in [-0.1, -0.05) is 41.9 Å². The molecule has 7 heteroatoms. The largest absolute Gasteiger partial charge is 0.445 e. The van der Waals surface area contributed by atoms with E-state index in [1.165, 1.54) is 11.3 Å². The molecule has 2 heterocycles. The van der Waals surface area contributed by atoms with E-state index in [0.29, 0.717) is 30.4 Å². The van der Waals surface area contributed by atoms with Crippen LogP contribution in [-0.2, 0) is 22.7 Å². The van der Waals surface area contributed by atoms with Crippen LogP contribution in [0.3, 0.4) is 0 Å². The summed E-state index contributed by atoms with van der Waals surface area (Å²) in [5.41, 5.74) is 0.946. The summed E-state index contributed by atoms with van der Waals surface area (Å²) in [5.74, 6) is -0.132. The Bertz CT molecular complexity index is 765. The minimum absolute atomic E-state index is 0.0490. The molecule has 1 fully saturated rings. The summed E-state index contributed by atoms with van der Waals surface area (Å²) in [5, 5.41) is 0. The minimum atomic E-state index is -0.364. The van der Waals surface area contributed by atoms with E-state index in [2.05, 4.69) is 0 Å². The Morgan fingerprint density at radius 3 is 2.73 bits per heavy atom. The number of hydrogen-bond acceptors (Lipinski definition) is 4. The SMILES string of the molecule is CN(Cc1ccc(Cl)s1)C(=O)C1CCN(C(=O)OCc2ccccc2)C1. The standard InChI is InChI=1S/C19H21ClN2O3S/c1-21(12-16-7-8-17(20)26-16)18(23)15-9-10-22(11-15)19(24)25-13-14-5-3-2-4-6-14/h2-8,15H,9-13H2,1H3. The van der Waals surface area contributed by atoms with Gasteiger partial charge in [0.05, 0.1) is 16.8 Å². The molecule has 1 aromatic carbocycles. The van der Waals surface area contributed by atoms with Crippen molar-refractivity contribution in [3.05, 3.63) is 57.2 Å². The Labute approximate surface area is 162 Å². The van der Waals surface area contributed by atoms with Gasteiger partial charge in [-0.25, -0.2) is 4.79 Å². The first-order valence-corrected chi connectivity index (χ1v) is 9.67. The zero-order chi connectivity index (χ0) is 18.5. The van der Waals surface area contributed by atoms with Crippen molar-refractivity contribution in [3.63, 3.8) is 0 Å². The maximum absolute atomic E-state index is 12.6. The van der Waals surface area contributed by atoms with Gasteiger partial charge in [0, 0.05) is 25.0 Å². The molecular weight excluding hydrogens is 372 g/mol. The molecule has 1 aromatic heterocycles. The van der Waals surface area contributed by atoms with Crippen LogP contribution in [0.15, 0.2) is 42.5 Å². The van der Waals surface area contributed by atoms with E-state index in [0.717, 1.165) is 10.4 Å². The number of hydrogen-bond donors (Lipinski definition) is 0. The van der Waals surface area contributed by atoms with Crippen molar-refractivity contribution in [2.45, 2.75) is 19.6 Å². The number of ether oxygens (including phenoxy) is 1. The Kier molecular flexibility index (Phi) is 6.16. The molecule has 138 valence electrons. The lowest BCUT2D eigenvalue weighted by atomic mass is 10.1. The maximum Gasteiger partial charge on any atom is 0.410 e. The minimum Gasteiger partial charge on any atom is -0.445 e. The van der Waals surface area contributed by atoms with Gasteiger partial charge >= 0.3 is 6.09 Å². The van der Waals surface area contributed by atoms with E-state index in [1.54, 1.807) is 16.8 Å². The summed E-state index contributed by atoms with van der Waals surface area (Å²) < 4.78 is 6.06. The smallest absolute Gasteiger partial charge is 0.410 e. The number of rotatable bonds is 5. The van der Waals surface area contributed by atoms with Crippen LogP contribution < -0.4 is 0 Å². The van der Waals surface area contributed by atoms with Gasteiger partial charge in [-0.15, -0.1) is 11.3 Å². The molecule has 0 bridgehead atoms. The highest BCUT2D eigenvalue weighted by Crippen LogP contribution is 2.24. The van der Waals surface area contributed by atoms with Gasteiger partial charge in [0.15, 0.2) is 0 Å². The fourth-order valence-electron chi connectivity index (χ4n) is 3.00. The quantitative estimate of drug-likeness (QED) is 0.772. The molecule has 1 atom stereocenters. The summed E-state index contributed by atoms with van der Waals surface area (Å²) in [7, 11) is 1.78. The summed E-state index contributed by atoms with van der Waals surface area (Å²) in [6, 6.07) is 13.3. The number of carbonyl (C=O) groups is 2. The number of carbonyl (C=O) groups excluding carboxylic acids is 2. The summed E-state index contributed by atoms with van der Waals surface area (Å²) in [6.07, 6.45) is 0.297. The van der Waals surface area contributed by atoms with Gasteiger partial charge in [0.1, 0.15) is 6.61 Å². The highest BCUT2D eigenvalue weighted by Gasteiger charge is 2.33. The van der Waals surface area contributed by atoms with Gasteiger partial charge in [0.2, 0.25) is 5.91 Å². The molecule has 0 saturated carbocycles. The first kappa shape index (κ1) is 18.7. The zero-order valence-corrected chi connectivity index (χ0v) is 16.1. The van der Waals surface area contributed by atoms with Gasteiger partial charge in [-0.3, -0.25) is 4.79 Å². The topological polar surface area (TPSA) is 49.9 Å². The van der Waals surface area contributed by atoms with Gasteiger partial charge in [-0.05, 0) is 24.1 Å². The van der Waals surface area contributed by atoms with Gasteiger partial charge in [-0.2, -0.15) is 0 Å². The van der Waals surface area contributed by atoms with Crippen molar-refractivity contribution in [2.24, 2.45) is 5.92 Å². The summed E-state index contributed by atoms with van der Waals surface area (Å²) >= 11 is 7.41. The molecule has 0 aliphatic carbocycles. The number of amides is 2. The van der Waals surface area contributed by atoms with Crippen LogP contribution >= 0.6 is 22.9 Å². The third-order valence-corrected chi connectivity index (χ3v) is 5.61. The molecule has 0 spiro atoms. The van der Waals surface area contributed by atoms with Gasteiger partial charge in [0.25, 0.3) is 0 Å². The van der Waals surface area contributed by atoms with Crippen LogP contribution in [0, 0.1) is 5.92 Å². The van der Waals surface area contributed by atoms with E-state index in [-0.39, 0.29) is 24.5 Å². The molecule has 1 aliphatic heterocycles. The van der Waals surface area contributed by atoms with Crippen molar-refractivity contribution in [3.8, 4) is 0 Å².